The molecule has 0 aliphatic carbocycles. The standard InChI is InChI=1S/C23H39O/c1-14(2)12-17-16(5)18(13-15(3)4)20(23(9,10)11)21(24)19(17)22(6,7)8/h14-15H,12-13H2,1-11H3. The first-order valence-corrected chi connectivity index (χ1v) is 9.54. The van der Waals surface area contributed by atoms with Crippen molar-refractivity contribution in [3.05, 3.63) is 27.8 Å². The summed E-state index contributed by atoms with van der Waals surface area (Å²) in [5, 5.41) is 13.6. The Morgan fingerprint density at radius 2 is 1.00 bits per heavy atom. The van der Waals surface area contributed by atoms with Gasteiger partial charge in [0.15, 0.2) is 5.75 Å². The average molecular weight is 332 g/mol. The molecule has 1 heteroatoms. The van der Waals surface area contributed by atoms with Gasteiger partial charge in [-0.1, -0.05) is 69.2 Å². The first kappa shape index (κ1) is 21.1. The van der Waals surface area contributed by atoms with Crippen molar-refractivity contribution in [1.29, 1.82) is 0 Å². The molecule has 0 N–H and O–H groups in total. The van der Waals surface area contributed by atoms with E-state index < -0.39 is 0 Å². The fourth-order valence-corrected chi connectivity index (χ4v) is 3.87. The minimum atomic E-state index is -0.123. The second-order valence-electron chi connectivity index (χ2n) is 10.4. The largest absolute Gasteiger partial charge is 0.289 e. The van der Waals surface area contributed by atoms with E-state index in [1.54, 1.807) is 0 Å². The third-order valence-electron chi connectivity index (χ3n) is 4.69. The Hall–Kier alpha value is -0.980. The van der Waals surface area contributed by atoms with Gasteiger partial charge < -0.3 is 0 Å². The van der Waals surface area contributed by atoms with Crippen molar-refractivity contribution < 1.29 is 5.11 Å². The molecular formula is C23H39O. The summed E-state index contributed by atoms with van der Waals surface area (Å²) in [7, 11) is 0. The summed E-state index contributed by atoms with van der Waals surface area (Å²) in [4.78, 5) is 0. The number of hydrogen-bond donors (Lipinski definition) is 0. The number of hydrogen-bond acceptors (Lipinski definition) is 0. The van der Waals surface area contributed by atoms with Gasteiger partial charge in [0.2, 0.25) is 0 Å². The molecule has 1 rings (SSSR count). The molecule has 0 aliphatic heterocycles. The minimum Gasteiger partial charge on any atom is -0.289 e. The smallest absolute Gasteiger partial charge is 0.186 e. The molecule has 0 amide bonds. The fourth-order valence-electron chi connectivity index (χ4n) is 3.87. The van der Waals surface area contributed by atoms with Crippen LogP contribution >= 0.6 is 0 Å². The van der Waals surface area contributed by atoms with Crippen molar-refractivity contribution in [3.8, 4) is 5.75 Å². The highest BCUT2D eigenvalue weighted by Gasteiger charge is 2.34. The lowest BCUT2D eigenvalue weighted by Crippen LogP contribution is -2.24. The van der Waals surface area contributed by atoms with E-state index in [4.69, 9.17) is 0 Å². The van der Waals surface area contributed by atoms with E-state index in [1.807, 2.05) is 0 Å². The predicted octanol–water partition coefficient (Wildman–Crippen LogP) is 7.13. The van der Waals surface area contributed by atoms with Gasteiger partial charge >= 0.3 is 0 Å². The molecule has 24 heavy (non-hydrogen) atoms. The van der Waals surface area contributed by atoms with Crippen LogP contribution in [0.5, 0.6) is 5.75 Å². The molecule has 1 radical (unpaired) electrons. The van der Waals surface area contributed by atoms with Crippen LogP contribution in [0.15, 0.2) is 0 Å². The Balaban J connectivity index is 3.94. The summed E-state index contributed by atoms with van der Waals surface area (Å²) in [5.74, 6) is 1.40. The minimum absolute atomic E-state index is 0.123. The van der Waals surface area contributed by atoms with Crippen LogP contribution in [0.4, 0.5) is 0 Å². The maximum Gasteiger partial charge on any atom is 0.186 e. The molecule has 137 valence electrons. The van der Waals surface area contributed by atoms with Gasteiger partial charge in [-0.15, -0.1) is 0 Å². The highest BCUT2D eigenvalue weighted by atomic mass is 16.3. The van der Waals surface area contributed by atoms with E-state index in [2.05, 4.69) is 76.2 Å². The molecule has 0 saturated heterocycles. The Morgan fingerprint density at radius 1 is 0.708 bits per heavy atom. The highest BCUT2D eigenvalue weighted by molar-refractivity contribution is 5.59. The monoisotopic (exact) mass is 331 g/mol. The zero-order chi connectivity index (χ0) is 19.0. The average Bonchev–Trinajstić information content (AvgIpc) is 2.30. The second-order valence-corrected chi connectivity index (χ2v) is 10.4. The van der Waals surface area contributed by atoms with Crippen molar-refractivity contribution in [2.45, 2.75) is 99.8 Å². The quantitative estimate of drug-likeness (QED) is 0.559. The van der Waals surface area contributed by atoms with Crippen LogP contribution in [0.3, 0.4) is 0 Å². The summed E-state index contributed by atoms with van der Waals surface area (Å²) in [5.41, 5.74) is 5.84. The van der Waals surface area contributed by atoms with Crippen molar-refractivity contribution in [1.82, 2.24) is 0 Å². The van der Waals surface area contributed by atoms with Crippen LogP contribution in [0.2, 0.25) is 0 Å². The molecule has 0 saturated carbocycles. The van der Waals surface area contributed by atoms with E-state index in [1.165, 1.54) is 16.7 Å². The normalized spacial score (nSPS) is 13.2. The number of rotatable bonds is 4. The van der Waals surface area contributed by atoms with E-state index in [-0.39, 0.29) is 10.8 Å². The molecule has 0 spiro atoms. The van der Waals surface area contributed by atoms with Gasteiger partial charge in [-0.3, -0.25) is 5.11 Å². The van der Waals surface area contributed by atoms with Crippen LogP contribution < -0.4 is 0 Å². The molecule has 0 heterocycles. The van der Waals surface area contributed by atoms with Crippen molar-refractivity contribution in [2.75, 3.05) is 0 Å². The van der Waals surface area contributed by atoms with Crippen molar-refractivity contribution in [3.63, 3.8) is 0 Å². The maximum atomic E-state index is 13.6. The summed E-state index contributed by atoms with van der Waals surface area (Å²) < 4.78 is 0. The molecule has 0 aliphatic rings. The molecule has 0 fully saturated rings. The van der Waals surface area contributed by atoms with Gasteiger partial charge in [-0.2, -0.15) is 0 Å². The lowest BCUT2D eigenvalue weighted by molar-refractivity contribution is 0.324. The van der Waals surface area contributed by atoms with Gasteiger partial charge in [-0.05, 0) is 59.1 Å². The van der Waals surface area contributed by atoms with E-state index in [9.17, 15) is 5.11 Å². The first-order chi connectivity index (χ1) is 10.7. The Morgan fingerprint density at radius 3 is 1.21 bits per heavy atom. The molecule has 1 nitrogen and oxygen atoms in total. The zero-order valence-electron chi connectivity index (χ0n) is 18.0. The third kappa shape index (κ3) is 4.55. The van der Waals surface area contributed by atoms with Crippen LogP contribution in [0.1, 0.15) is 97.1 Å². The van der Waals surface area contributed by atoms with Gasteiger partial charge in [-0.25, -0.2) is 0 Å². The maximum absolute atomic E-state index is 13.6. The van der Waals surface area contributed by atoms with E-state index >= 15 is 0 Å². The van der Waals surface area contributed by atoms with Gasteiger partial charge in [0.05, 0.1) is 0 Å². The SMILES string of the molecule is Cc1c(CC(C)C)c(C(C)(C)C)c([O])c(C(C)(C)C)c1CC(C)C. The molecule has 1 aromatic rings. The van der Waals surface area contributed by atoms with Crippen molar-refractivity contribution >= 4 is 0 Å². The second kappa shape index (κ2) is 7.10. The summed E-state index contributed by atoms with van der Waals surface area (Å²) in [6, 6.07) is 0. The van der Waals surface area contributed by atoms with Gasteiger partial charge in [0.1, 0.15) is 0 Å². The molecule has 0 atom stereocenters. The molecule has 0 aromatic heterocycles. The first-order valence-electron chi connectivity index (χ1n) is 9.54. The Bertz CT molecular complexity index is 529. The van der Waals surface area contributed by atoms with E-state index in [0.717, 1.165) is 24.0 Å². The fraction of sp³-hybridized carbons (Fsp3) is 0.739. The topological polar surface area (TPSA) is 19.9 Å². The highest BCUT2D eigenvalue weighted by Crippen LogP contribution is 2.46. The molecule has 0 unspecified atom stereocenters. The predicted molar refractivity (Wildman–Crippen MR) is 106 cm³/mol. The molecular weight excluding hydrogens is 292 g/mol. The summed E-state index contributed by atoms with van der Waals surface area (Å²) in [6.45, 7) is 24.3. The van der Waals surface area contributed by atoms with Gasteiger partial charge in [0.25, 0.3) is 0 Å². The lowest BCUT2D eigenvalue weighted by atomic mass is 9.71. The molecule has 1 aromatic carbocycles. The van der Waals surface area contributed by atoms with Crippen LogP contribution in [0.25, 0.3) is 0 Å². The summed E-state index contributed by atoms with van der Waals surface area (Å²) >= 11 is 0. The van der Waals surface area contributed by atoms with Crippen LogP contribution in [-0.4, -0.2) is 0 Å². The molecule has 0 bridgehead atoms. The lowest BCUT2D eigenvalue weighted by Gasteiger charge is -2.33. The van der Waals surface area contributed by atoms with Gasteiger partial charge in [0, 0.05) is 11.1 Å². The Kier molecular flexibility index (Phi) is 6.23. The summed E-state index contributed by atoms with van der Waals surface area (Å²) in [6.07, 6.45) is 1.98. The van der Waals surface area contributed by atoms with Crippen LogP contribution in [0, 0.1) is 18.8 Å². The van der Waals surface area contributed by atoms with E-state index in [0.29, 0.717) is 17.6 Å². The number of benzene rings is 1. The Labute approximate surface area is 150 Å². The van der Waals surface area contributed by atoms with Crippen LogP contribution in [-0.2, 0) is 28.8 Å². The zero-order valence-corrected chi connectivity index (χ0v) is 18.0. The third-order valence-corrected chi connectivity index (χ3v) is 4.69. The van der Waals surface area contributed by atoms with Crippen molar-refractivity contribution in [2.24, 2.45) is 11.8 Å².